The highest BCUT2D eigenvalue weighted by Crippen LogP contribution is 2.23. The number of ether oxygens (including phenoxy) is 1. The number of nitrogens with two attached hydrogens (primary N) is 1. The van der Waals surface area contributed by atoms with E-state index in [1.54, 1.807) is 0 Å². The Balaban J connectivity index is 1.92. The molecule has 17 heavy (non-hydrogen) atoms. The van der Waals surface area contributed by atoms with Gasteiger partial charge in [0.1, 0.15) is 26.2 Å². The second-order valence-electron chi connectivity index (χ2n) is 4.05. The van der Waals surface area contributed by atoms with Crippen LogP contribution in [0.25, 0.3) is 0 Å². The molecule has 0 aliphatic carbocycles. The van der Waals surface area contributed by atoms with E-state index >= 15 is 0 Å². The van der Waals surface area contributed by atoms with Crippen LogP contribution in [0.15, 0.2) is 30.3 Å². The van der Waals surface area contributed by atoms with Gasteiger partial charge in [-0.2, -0.15) is 4.79 Å². The van der Waals surface area contributed by atoms with Crippen LogP contribution < -0.4 is 5.73 Å². The SMILES string of the molecule is NCC(=O)[N+]1(C(=O)OCc2ccccc2)CC1. The summed E-state index contributed by atoms with van der Waals surface area (Å²) >= 11 is 0. The molecule has 1 fully saturated rings. The van der Waals surface area contributed by atoms with Crippen molar-refractivity contribution in [3.63, 3.8) is 0 Å². The summed E-state index contributed by atoms with van der Waals surface area (Å²) in [7, 11) is 0. The largest absolute Gasteiger partial charge is 0.524 e. The molecule has 1 saturated heterocycles. The fourth-order valence-electron chi connectivity index (χ4n) is 1.65. The van der Waals surface area contributed by atoms with Gasteiger partial charge in [-0.15, -0.1) is 4.48 Å². The van der Waals surface area contributed by atoms with E-state index in [4.69, 9.17) is 10.5 Å². The van der Waals surface area contributed by atoms with Gasteiger partial charge in [0.15, 0.2) is 0 Å². The molecule has 2 N–H and O–H groups in total. The number of rotatable bonds is 3. The molecule has 1 aromatic carbocycles. The van der Waals surface area contributed by atoms with Crippen molar-refractivity contribution >= 4 is 12.0 Å². The topological polar surface area (TPSA) is 69.4 Å². The Morgan fingerprint density at radius 1 is 1.24 bits per heavy atom. The molecular weight excluding hydrogens is 220 g/mol. The minimum absolute atomic E-state index is 0.125. The lowest BCUT2D eigenvalue weighted by molar-refractivity contribution is -0.640. The number of quaternary nitrogens is 1. The molecule has 0 radical (unpaired) electrons. The third-order valence-corrected chi connectivity index (χ3v) is 2.88. The third kappa shape index (κ3) is 2.35. The lowest BCUT2D eigenvalue weighted by Crippen LogP contribution is -2.43. The predicted molar refractivity (Wildman–Crippen MR) is 60.7 cm³/mol. The van der Waals surface area contributed by atoms with Gasteiger partial charge in [0.05, 0.1) is 0 Å². The maximum atomic E-state index is 11.8. The number of hydrogen-bond donors (Lipinski definition) is 1. The van der Waals surface area contributed by atoms with E-state index in [-0.39, 0.29) is 23.5 Å². The molecule has 0 saturated carbocycles. The van der Waals surface area contributed by atoms with E-state index in [1.165, 1.54) is 0 Å². The molecule has 1 aliphatic rings. The normalized spacial score (nSPS) is 16.3. The van der Waals surface area contributed by atoms with E-state index in [9.17, 15) is 9.59 Å². The molecule has 90 valence electrons. The maximum Gasteiger partial charge on any atom is 0.524 e. The molecule has 1 heterocycles. The number of carbonyl (C=O) groups excluding carboxylic acids is 2. The zero-order valence-corrected chi connectivity index (χ0v) is 9.46. The fraction of sp³-hybridized carbons (Fsp3) is 0.333. The first-order valence-electron chi connectivity index (χ1n) is 5.51. The molecule has 2 amide bonds. The lowest BCUT2D eigenvalue weighted by Gasteiger charge is -2.11. The van der Waals surface area contributed by atoms with Crippen LogP contribution in [-0.4, -0.2) is 36.1 Å². The Bertz CT molecular complexity index is 427. The molecule has 5 heteroatoms. The second kappa shape index (κ2) is 4.65. The number of nitrogens with zero attached hydrogens (tertiary/aromatic N) is 1. The van der Waals surface area contributed by atoms with Gasteiger partial charge in [-0.1, -0.05) is 30.3 Å². The molecule has 0 atom stereocenters. The van der Waals surface area contributed by atoms with Gasteiger partial charge in [-0.05, 0) is 5.56 Å². The molecule has 0 aromatic heterocycles. The van der Waals surface area contributed by atoms with Crippen molar-refractivity contribution in [2.24, 2.45) is 5.73 Å². The standard InChI is InChI=1S/C12H15N2O3/c13-8-11(15)14(6-7-14)12(16)17-9-10-4-2-1-3-5-10/h1-5H,6-9,13H2/q+1. The number of imide groups is 1. The first-order chi connectivity index (χ1) is 8.19. The highest BCUT2D eigenvalue weighted by molar-refractivity contribution is 5.83. The quantitative estimate of drug-likeness (QED) is 0.616. The summed E-state index contributed by atoms with van der Waals surface area (Å²) in [5.41, 5.74) is 6.17. The van der Waals surface area contributed by atoms with Crippen LogP contribution in [0.1, 0.15) is 5.56 Å². The minimum Gasteiger partial charge on any atom is -0.415 e. The van der Waals surface area contributed by atoms with Gasteiger partial charge in [0.2, 0.25) is 0 Å². The van der Waals surface area contributed by atoms with Gasteiger partial charge < -0.3 is 10.5 Å². The van der Waals surface area contributed by atoms with Gasteiger partial charge in [0.25, 0.3) is 0 Å². The first kappa shape index (κ1) is 11.8. The Kier molecular flexibility index (Phi) is 3.21. The molecule has 0 bridgehead atoms. The van der Waals surface area contributed by atoms with Crippen LogP contribution in [-0.2, 0) is 16.1 Å². The highest BCUT2D eigenvalue weighted by Gasteiger charge is 2.58. The van der Waals surface area contributed by atoms with E-state index in [2.05, 4.69) is 0 Å². The van der Waals surface area contributed by atoms with Crippen LogP contribution in [0.2, 0.25) is 0 Å². The monoisotopic (exact) mass is 235 g/mol. The zero-order chi connectivity index (χ0) is 12.3. The van der Waals surface area contributed by atoms with Crippen molar-refractivity contribution in [2.45, 2.75) is 6.61 Å². The first-order valence-corrected chi connectivity index (χ1v) is 5.51. The van der Waals surface area contributed by atoms with Crippen molar-refractivity contribution in [3.05, 3.63) is 35.9 Å². The number of carbonyl (C=O) groups is 2. The Labute approximate surface area is 99.4 Å². The number of benzene rings is 1. The van der Waals surface area contributed by atoms with Gasteiger partial charge >= 0.3 is 12.0 Å². The Morgan fingerprint density at radius 2 is 1.88 bits per heavy atom. The summed E-state index contributed by atoms with van der Waals surface area (Å²) in [6, 6.07) is 9.36. The minimum atomic E-state index is -0.496. The Morgan fingerprint density at radius 3 is 2.41 bits per heavy atom. The smallest absolute Gasteiger partial charge is 0.415 e. The molecule has 0 unspecified atom stereocenters. The molecular formula is C12H15N2O3+. The van der Waals surface area contributed by atoms with Gasteiger partial charge in [-0.3, -0.25) is 0 Å². The van der Waals surface area contributed by atoms with E-state index in [0.29, 0.717) is 13.1 Å². The van der Waals surface area contributed by atoms with Crippen molar-refractivity contribution in [1.29, 1.82) is 0 Å². The van der Waals surface area contributed by atoms with Gasteiger partial charge in [-0.25, -0.2) is 4.79 Å². The average Bonchev–Trinajstić information content (AvgIpc) is 3.17. The van der Waals surface area contributed by atoms with Gasteiger partial charge in [0, 0.05) is 0 Å². The fourth-order valence-corrected chi connectivity index (χ4v) is 1.65. The number of hydrogen-bond acceptors (Lipinski definition) is 4. The summed E-state index contributed by atoms with van der Waals surface area (Å²) in [6.07, 6.45) is -0.496. The van der Waals surface area contributed by atoms with Crippen LogP contribution in [0, 0.1) is 0 Å². The second-order valence-corrected chi connectivity index (χ2v) is 4.05. The third-order valence-electron chi connectivity index (χ3n) is 2.88. The molecule has 2 rings (SSSR count). The summed E-state index contributed by atoms with van der Waals surface area (Å²) in [5, 5.41) is 0. The molecule has 1 aromatic rings. The van der Waals surface area contributed by atoms with Crippen LogP contribution in [0.3, 0.4) is 0 Å². The van der Waals surface area contributed by atoms with Crippen LogP contribution >= 0.6 is 0 Å². The highest BCUT2D eigenvalue weighted by atomic mass is 16.6. The van der Waals surface area contributed by atoms with Crippen molar-refractivity contribution in [2.75, 3.05) is 19.6 Å². The summed E-state index contributed by atoms with van der Waals surface area (Å²) in [5.74, 6) is -0.275. The predicted octanol–water partition coefficient (Wildman–Crippen LogP) is 0.639. The van der Waals surface area contributed by atoms with E-state index in [0.717, 1.165) is 5.56 Å². The van der Waals surface area contributed by atoms with Crippen molar-refractivity contribution in [3.8, 4) is 0 Å². The Hall–Kier alpha value is -1.72. The van der Waals surface area contributed by atoms with Crippen LogP contribution in [0.5, 0.6) is 0 Å². The summed E-state index contributed by atoms with van der Waals surface area (Å²) < 4.78 is 4.89. The average molecular weight is 235 g/mol. The lowest BCUT2D eigenvalue weighted by atomic mass is 10.2. The summed E-state index contributed by atoms with van der Waals surface area (Å²) in [6.45, 7) is 1.07. The van der Waals surface area contributed by atoms with E-state index < -0.39 is 6.09 Å². The maximum absolute atomic E-state index is 11.8. The molecule has 5 nitrogen and oxygen atoms in total. The number of amides is 2. The van der Waals surface area contributed by atoms with Crippen molar-refractivity contribution in [1.82, 2.24) is 0 Å². The van der Waals surface area contributed by atoms with Crippen molar-refractivity contribution < 1.29 is 18.8 Å². The zero-order valence-electron chi connectivity index (χ0n) is 9.46. The molecule has 0 spiro atoms. The van der Waals surface area contributed by atoms with E-state index in [1.807, 2.05) is 30.3 Å². The van der Waals surface area contributed by atoms with Crippen LogP contribution in [0.4, 0.5) is 4.79 Å². The summed E-state index contributed by atoms with van der Waals surface area (Å²) in [4.78, 5) is 23.3. The molecule has 1 aliphatic heterocycles.